The van der Waals surface area contributed by atoms with Crippen LogP contribution in [0.15, 0.2) is 48.5 Å². The SMILES string of the molecule is Cc1cc([N+](=O)[O-])ccc1NC(=O)C(=O)NCC(O)Cc1ccccc1. The molecule has 0 heterocycles. The van der Waals surface area contributed by atoms with Crippen molar-refractivity contribution >= 4 is 23.2 Å². The fourth-order valence-corrected chi connectivity index (χ4v) is 2.33. The highest BCUT2D eigenvalue weighted by atomic mass is 16.6. The minimum absolute atomic E-state index is 0.0691. The monoisotopic (exact) mass is 357 g/mol. The lowest BCUT2D eigenvalue weighted by molar-refractivity contribution is -0.384. The lowest BCUT2D eigenvalue weighted by Gasteiger charge is -2.12. The van der Waals surface area contributed by atoms with E-state index in [2.05, 4.69) is 10.6 Å². The molecule has 2 amide bonds. The van der Waals surface area contributed by atoms with Gasteiger partial charge < -0.3 is 15.7 Å². The van der Waals surface area contributed by atoms with E-state index in [1.54, 1.807) is 6.92 Å². The van der Waals surface area contributed by atoms with Crippen molar-refractivity contribution in [3.63, 3.8) is 0 Å². The first kappa shape index (κ1) is 19.1. The highest BCUT2D eigenvalue weighted by Gasteiger charge is 2.17. The summed E-state index contributed by atoms with van der Waals surface area (Å²) in [6.45, 7) is 1.52. The molecule has 8 heteroatoms. The van der Waals surface area contributed by atoms with Crippen molar-refractivity contribution in [3.05, 3.63) is 69.8 Å². The molecule has 26 heavy (non-hydrogen) atoms. The maximum Gasteiger partial charge on any atom is 0.313 e. The first-order valence-corrected chi connectivity index (χ1v) is 7.93. The van der Waals surface area contributed by atoms with Gasteiger partial charge in [0.25, 0.3) is 5.69 Å². The molecule has 0 saturated carbocycles. The van der Waals surface area contributed by atoms with Crippen molar-refractivity contribution in [3.8, 4) is 0 Å². The fourth-order valence-electron chi connectivity index (χ4n) is 2.33. The van der Waals surface area contributed by atoms with E-state index in [1.165, 1.54) is 18.2 Å². The van der Waals surface area contributed by atoms with Gasteiger partial charge in [-0.3, -0.25) is 19.7 Å². The van der Waals surface area contributed by atoms with Crippen molar-refractivity contribution in [2.24, 2.45) is 0 Å². The van der Waals surface area contributed by atoms with Crippen LogP contribution in [-0.2, 0) is 16.0 Å². The molecule has 0 aliphatic carbocycles. The van der Waals surface area contributed by atoms with Gasteiger partial charge >= 0.3 is 11.8 Å². The second kappa shape index (κ2) is 8.72. The van der Waals surface area contributed by atoms with Gasteiger partial charge in [0.1, 0.15) is 0 Å². The van der Waals surface area contributed by atoms with Crippen molar-refractivity contribution in [1.29, 1.82) is 0 Å². The third-order valence-corrected chi connectivity index (χ3v) is 3.69. The van der Waals surface area contributed by atoms with Gasteiger partial charge in [-0.15, -0.1) is 0 Å². The summed E-state index contributed by atoms with van der Waals surface area (Å²) in [6.07, 6.45) is -0.472. The van der Waals surface area contributed by atoms with Crippen LogP contribution in [-0.4, -0.2) is 34.5 Å². The minimum Gasteiger partial charge on any atom is -0.391 e. The molecular weight excluding hydrogens is 338 g/mol. The summed E-state index contributed by atoms with van der Waals surface area (Å²) in [6, 6.07) is 13.2. The number of anilines is 1. The van der Waals surface area contributed by atoms with Crippen LogP contribution in [0, 0.1) is 17.0 Å². The summed E-state index contributed by atoms with van der Waals surface area (Å²) in [5.74, 6) is -1.80. The maximum absolute atomic E-state index is 11.9. The number of benzene rings is 2. The average Bonchev–Trinajstić information content (AvgIpc) is 2.62. The number of carbonyl (C=O) groups is 2. The van der Waals surface area contributed by atoms with Gasteiger partial charge in [-0.05, 0) is 24.1 Å². The summed E-state index contributed by atoms with van der Waals surface area (Å²) < 4.78 is 0. The standard InChI is InChI=1S/C18H19N3O5/c1-12-9-14(21(25)26)7-8-16(12)20-18(24)17(23)19-11-15(22)10-13-5-3-2-4-6-13/h2-9,15,22H,10-11H2,1H3,(H,19,23)(H,20,24). The number of carbonyl (C=O) groups excluding carboxylic acids is 2. The Morgan fingerprint density at radius 2 is 1.85 bits per heavy atom. The van der Waals surface area contributed by atoms with E-state index in [9.17, 15) is 24.8 Å². The van der Waals surface area contributed by atoms with Gasteiger partial charge in [-0.1, -0.05) is 30.3 Å². The molecule has 0 aliphatic heterocycles. The number of rotatable bonds is 6. The molecule has 1 unspecified atom stereocenters. The third kappa shape index (κ3) is 5.38. The lowest BCUT2D eigenvalue weighted by atomic mass is 10.1. The number of aryl methyl sites for hydroxylation is 1. The van der Waals surface area contributed by atoms with Crippen LogP contribution >= 0.6 is 0 Å². The second-order valence-electron chi connectivity index (χ2n) is 5.76. The number of hydrogen-bond acceptors (Lipinski definition) is 5. The van der Waals surface area contributed by atoms with E-state index in [-0.39, 0.29) is 12.2 Å². The molecule has 0 saturated heterocycles. The summed E-state index contributed by atoms with van der Waals surface area (Å²) in [5.41, 5.74) is 1.58. The van der Waals surface area contributed by atoms with Crippen LogP contribution < -0.4 is 10.6 Å². The molecule has 0 aromatic heterocycles. The molecule has 1 atom stereocenters. The highest BCUT2D eigenvalue weighted by Crippen LogP contribution is 2.21. The van der Waals surface area contributed by atoms with Crippen molar-refractivity contribution in [2.45, 2.75) is 19.4 Å². The number of hydrogen-bond donors (Lipinski definition) is 3. The predicted octanol–water partition coefficient (Wildman–Crippen LogP) is 1.56. The zero-order valence-electron chi connectivity index (χ0n) is 14.1. The van der Waals surface area contributed by atoms with E-state index in [1.807, 2.05) is 30.3 Å². The van der Waals surface area contributed by atoms with Gasteiger partial charge in [0.15, 0.2) is 0 Å². The van der Waals surface area contributed by atoms with E-state index in [4.69, 9.17) is 0 Å². The van der Waals surface area contributed by atoms with E-state index >= 15 is 0 Å². The Kier molecular flexibility index (Phi) is 6.40. The quantitative estimate of drug-likeness (QED) is 0.411. The maximum atomic E-state index is 11.9. The number of nitro benzene ring substituents is 1. The first-order chi connectivity index (χ1) is 12.4. The number of amides is 2. The summed E-state index contributed by atoms with van der Waals surface area (Å²) in [4.78, 5) is 33.9. The number of nitro groups is 1. The largest absolute Gasteiger partial charge is 0.391 e. The molecule has 8 nitrogen and oxygen atoms in total. The Labute approximate surface area is 150 Å². The predicted molar refractivity (Wildman–Crippen MR) is 95.6 cm³/mol. The van der Waals surface area contributed by atoms with E-state index in [0.29, 0.717) is 17.7 Å². The molecule has 3 N–H and O–H groups in total. The summed E-state index contributed by atoms with van der Waals surface area (Å²) in [7, 11) is 0. The molecule has 2 aromatic rings. The van der Waals surface area contributed by atoms with Crippen LogP contribution in [0.1, 0.15) is 11.1 Å². The van der Waals surface area contributed by atoms with Crippen LogP contribution in [0.25, 0.3) is 0 Å². The van der Waals surface area contributed by atoms with Crippen LogP contribution in [0.3, 0.4) is 0 Å². The number of nitrogens with one attached hydrogen (secondary N) is 2. The van der Waals surface area contributed by atoms with Crippen LogP contribution in [0.4, 0.5) is 11.4 Å². The Morgan fingerprint density at radius 3 is 2.46 bits per heavy atom. The van der Waals surface area contributed by atoms with Gasteiger partial charge in [0, 0.05) is 30.8 Å². The number of aliphatic hydroxyl groups is 1. The second-order valence-corrected chi connectivity index (χ2v) is 5.76. The van der Waals surface area contributed by atoms with E-state index in [0.717, 1.165) is 5.56 Å². The summed E-state index contributed by atoms with van der Waals surface area (Å²) in [5, 5.41) is 25.4. The van der Waals surface area contributed by atoms with Crippen LogP contribution in [0.5, 0.6) is 0 Å². The molecular formula is C18H19N3O5. The minimum atomic E-state index is -0.908. The number of aliphatic hydroxyl groups excluding tert-OH is 1. The van der Waals surface area contributed by atoms with Gasteiger partial charge in [0.05, 0.1) is 11.0 Å². The number of nitrogens with zero attached hydrogens (tertiary/aromatic N) is 1. The van der Waals surface area contributed by atoms with Crippen molar-refractivity contribution in [2.75, 3.05) is 11.9 Å². The molecule has 0 aliphatic rings. The van der Waals surface area contributed by atoms with Gasteiger partial charge in [0.2, 0.25) is 0 Å². The van der Waals surface area contributed by atoms with Crippen LogP contribution in [0.2, 0.25) is 0 Å². The van der Waals surface area contributed by atoms with Gasteiger partial charge in [-0.25, -0.2) is 0 Å². The average molecular weight is 357 g/mol. The zero-order chi connectivity index (χ0) is 19.1. The first-order valence-electron chi connectivity index (χ1n) is 7.93. The third-order valence-electron chi connectivity index (χ3n) is 3.69. The van der Waals surface area contributed by atoms with Crippen molar-refractivity contribution < 1.29 is 19.6 Å². The Morgan fingerprint density at radius 1 is 1.15 bits per heavy atom. The van der Waals surface area contributed by atoms with Gasteiger partial charge in [-0.2, -0.15) is 0 Å². The summed E-state index contributed by atoms with van der Waals surface area (Å²) >= 11 is 0. The Balaban J connectivity index is 1.86. The molecule has 0 radical (unpaired) electrons. The zero-order valence-corrected chi connectivity index (χ0v) is 14.1. The molecule has 0 spiro atoms. The van der Waals surface area contributed by atoms with Crippen molar-refractivity contribution in [1.82, 2.24) is 5.32 Å². The molecule has 0 bridgehead atoms. The highest BCUT2D eigenvalue weighted by molar-refractivity contribution is 6.39. The fraction of sp³-hybridized carbons (Fsp3) is 0.222. The molecule has 136 valence electrons. The molecule has 2 rings (SSSR count). The Hall–Kier alpha value is -3.26. The topological polar surface area (TPSA) is 122 Å². The lowest BCUT2D eigenvalue weighted by Crippen LogP contribution is -2.40. The number of non-ortho nitro benzene ring substituents is 1. The smallest absolute Gasteiger partial charge is 0.313 e. The van der Waals surface area contributed by atoms with E-state index < -0.39 is 22.8 Å². The normalized spacial score (nSPS) is 11.5. The Bertz CT molecular complexity index is 808. The molecule has 2 aromatic carbocycles. The molecule has 0 fully saturated rings.